The maximum Gasteiger partial charge on any atom is 0.330 e. The van der Waals surface area contributed by atoms with Gasteiger partial charge in [-0.1, -0.05) is 122 Å². The molecule has 1 N–H and O–H groups in total. The summed E-state index contributed by atoms with van der Waals surface area (Å²) in [6.07, 6.45) is 0.0307. The number of aromatic amines is 1. The van der Waals surface area contributed by atoms with Crippen LogP contribution in [0.1, 0.15) is 73.6 Å². The average molecular weight is 801 g/mol. The molecule has 1 fully saturated rings. The summed E-state index contributed by atoms with van der Waals surface area (Å²) < 4.78 is 59.1. The fourth-order valence-corrected chi connectivity index (χ4v) is 13.2. The second kappa shape index (κ2) is 17.5. The van der Waals surface area contributed by atoms with Crippen molar-refractivity contribution in [1.29, 1.82) is 0 Å². The molecule has 0 spiro atoms. The Morgan fingerprint density at radius 2 is 1.48 bits per heavy atom. The predicted octanol–water partition coefficient (Wildman–Crippen LogP) is 6.00. The highest BCUT2D eigenvalue weighted by Crippen LogP contribution is 2.43. The van der Waals surface area contributed by atoms with Gasteiger partial charge in [0.15, 0.2) is 14.5 Å². The number of H-pyrrole nitrogens is 1. The van der Waals surface area contributed by atoms with Gasteiger partial charge in [0.1, 0.15) is 18.3 Å². The van der Waals surface area contributed by atoms with Crippen LogP contribution >= 0.6 is 0 Å². The van der Waals surface area contributed by atoms with Gasteiger partial charge < -0.3 is 18.3 Å². The Balaban J connectivity index is 1.79. The summed E-state index contributed by atoms with van der Waals surface area (Å²) in [5.41, 5.74) is -0.795. The molecule has 4 rings (SSSR count). The molecule has 0 aliphatic carbocycles. The van der Waals surface area contributed by atoms with Crippen molar-refractivity contribution < 1.29 is 30.9 Å². The number of ether oxygens (including phenoxy) is 2. The van der Waals surface area contributed by atoms with Crippen molar-refractivity contribution in [3.8, 4) is 0 Å². The third-order valence-electron chi connectivity index (χ3n) is 10.2. The van der Waals surface area contributed by atoms with E-state index >= 15 is 0 Å². The maximum atomic E-state index is 13.4. The van der Waals surface area contributed by atoms with E-state index in [-0.39, 0.29) is 42.2 Å². The second-order valence-corrected chi connectivity index (χ2v) is 27.6. The third kappa shape index (κ3) is 10.3. The summed E-state index contributed by atoms with van der Waals surface area (Å²) in [5.74, 6) is 0.0575. The minimum atomic E-state index is -3.86. The zero-order chi connectivity index (χ0) is 40.1. The molecule has 1 saturated heterocycles. The number of nitrogens with one attached hydrogen (secondary N) is 1. The van der Waals surface area contributed by atoms with Gasteiger partial charge in [0, 0.05) is 11.8 Å². The lowest BCUT2D eigenvalue weighted by Gasteiger charge is -2.44. The number of rotatable bonds is 16. The van der Waals surface area contributed by atoms with Gasteiger partial charge in [-0.25, -0.2) is 4.79 Å². The Labute approximate surface area is 323 Å². The Kier molecular flexibility index (Phi) is 14.1. The van der Waals surface area contributed by atoms with Crippen LogP contribution in [0, 0.1) is 12.8 Å². The van der Waals surface area contributed by atoms with E-state index in [0.717, 1.165) is 15.8 Å². The van der Waals surface area contributed by atoms with Crippen LogP contribution in [0.3, 0.4) is 0 Å². The highest BCUT2D eigenvalue weighted by Gasteiger charge is 2.55. The highest BCUT2D eigenvalue weighted by molar-refractivity contribution is 7.89. The van der Waals surface area contributed by atoms with Crippen molar-refractivity contribution in [2.24, 2.45) is 5.92 Å². The minimum absolute atomic E-state index is 0.0575. The van der Waals surface area contributed by atoms with Crippen molar-refractivity contribution in [3.05, 3.63) is 105 Å². The van der Waals surface area contributed by atoms with Crippen LogP contribution in [0.4, 0.5) is 0 Å². The normalized spacial score (nSPS) is 20.3. The molecule has 0 unspecified atom stereocenters. The number of hydrogen-bond acceptors (Lipinski definition) is 9. The summed E-state index contributed by atoms with van der Waals surface area (Å²) >= 11 is 0. The molecule has 2 aromatic carbocycles. The number of nitrogens with zero attached hydrogens (tertiary/aromatic N) is 1. The molecule has 0 amide bonds. The summed E-state index contributed by atoms with van der Waals surface area (Å²) in [7, 11) is -9.39. The Hall–Kier alpha value is -2.96. The van der Waals surface area contributed by atoms with Crippen LogP contribution in [0.5, 0.6) is 0 Å². The largest absolute Gasteiger partial charge is 0.408 e. The quantitative estimate of drug-likeness (QED) is 0.105. The van der Waals surface area contributed by atoms with Crippen LogP contribution in [0.2, 0.25) is 23.2 Å². The van der Waals surface area contributed by atoms with Gasteiger partial charge in [-0.2, -0.15) is 8.42 Å². The molecule has 0 saturated carbocycles. The monoisotopic (exact) mass is 800 g/mol. The molecule has 0 bridgehead atoms. The summed E-state index contributed by atoms with van der Waals surface area (Å²) in [6, 6.07) is 20.6. The Morgan fingerprint density at radius 3 is 2.00 bits per heavy atom. The van der Waals surface area contributed by atoms with Gasteiger partial charge in [0.2, 0.25) is 0 Å². The molecule has 4 atom stereocenters. The fraction of sp³-hybridized carbons (Fsp3) is 0.550. The second-order valence-electron chi connectivity index (χ2n) is 17.0. The fourth-order valence-electron chi connectivity index (χ4n) is 6.37. The summed E-state index contributed by atoms with van der Waals surface area (Å²) in [5, 5.41) is 2.77. The molecular formula is C40H60N2O9SSi2. The molecule has 1 aromatic heterocycles. The topological polar surface area (TPSA) is 135 Å². The van der Waals surface area contributed by atoms with E-state index < -0.39 is 62.5 Å². The van der Waals surface area contributed by atoms with Crippen molar-refractivity contribution in [3.63, 3.8) is 0 Å². The molecule has 2 heterocycles. The van der Waals surface area contributed by atoms with E-state index in [4.69, 9.17) is 22.5 Å². The first-order valence-electron chi connectivity index (χ1n) is 18.7. The van der Waals surface area contributed by atoms with Crippen LogP contribution in [0.25, 0.3) is 0 Å². The van der Waals surface area contributed by atoms with Crippen LogP contribution in [-0.2, 0) is 32.6 Å². The highest BCUT2D eigenvalue weighted by atomic mass is 32.2. The van der Waals surface area contributed by atoms with Crippen molar-refractivity contribution >= 4 is 37.1 Å². The van der Waals surface area contributed by atoms with E-state index in [1.807, 2.05) is 50.2 Å². The van der Waals surface area contributed by atoms with E-state index in [1.165, 1.54) is 16.8 Å². The van der Waals surface area contributed by atoms with Gasteiger partial charge in [-0.3, -0.25) is 18.5 Å². The molecule has 54 heavy (non-hydrogen) atoms. The van der Waals surface area contributed by atoms with Gasteiger partial charge in [0.25, 0.3) is 24.0 Å². The van der Waals surface area contributed by atoms with Crippen LogP contribution in [-0.4, -0.2) is 72.7 Å². The molecule has 0 radical (unpaired) electrons. The standard InChI is InChI=1S/C40H60N2O9SSi2/c1-29(2)27-48-52(45,46)25-19-18-24-47-35-34(51-53(10,11)39(4,5)6)33(50-37(35)42-26-30(3)36(43)41-38(42)44)28-49-54(40(7,8)9,31-20-14-12-15-21-31)32-22-16-13-17-23-32/h12-17,19-23,25-26,29,33-35,37H,18,24,27-28H2,1-11H3,(H,41,43,44)/t33-,34-,35-,37-/m1/s1. The number of aromatic nitrogens is 2. The van der Waals surface area contributed by atoms with E-state index in [0.29, 0.717) is 5.56 Å². The smallest absolute Gasteiger partial charge is 0.330 e. The molecule has 1 aliphatic heterocycles. The molecule has 11 nitrogen and oxygen atoms in total. The summed E-state index contributed by atoms with van der Waals surface area (Å²) in [4.78, 5) is 28.3. The van der Waals surface area contributed by atoms with Gasteiger partial charge in [0.05, 0.1) is 25.2 Å². The first-order valence-corrected chi connectivity index (χ1v) is 25.0. The lowest BCUT2D eigenvalue weighted by Crippen LogP contribution is -2.67. The molecule has 3 aromatic rings. The Morgan fingerprint density at radius 1 is 0.907 bits per heavy atom. The SMILES string of the molecule is Cc1cn([C@@H]2O[C@H](CO[Si](c3ccccc3)(c3ccccc3)C(C)(C)C)[C@@H](O[Si](C)(C)C(C)(C)C)[C@H]2OCCC=CS(=O)(=O)OCC(C)C)c(=O)[nH]c1=O. The van der Waals surface area contributed by atoms with Crippen molar-refractivity contribution in [2.75, 3.05) is 19.8 Å². The lowest BCUT2D eigenvalue weighted by atomic mass is 10.1. The molecule has 1 aliphatic rings. The molecular weight excluding hydrogens is 741 g/mol. The zero-order valence-corrected chi connectivity index (χ0v) is 36.6. The first kappa shape index (κ1) is 43.8. The first-order chi connectivity index (χ1) is 25.1. The van der Waals surface area contributed by atoms with Gasteiger partial charge in [-0.15, -0.1) is 0 Å². The van der Waals surface area contributed by atoms with E-state index in [2.05, 4.69) is 83.9 Å². The maximum absolute atomic E-state index is 13.4. The van der Waals surface area contributed by atoms with Gasteiger partial charge >= 0.3 is 5.69 Å². The van der Waals surface area contributed by atoms with E-state index in [1.54, 1.807) is 6.92 Å². The molecule has 14 heteroatoms. The predicted molar refractivity (Wildman–Crippen MR) is 219 cm³/mol. The number of aryl methyl sites for hydroxylation is 1. The van der Waals surface area contributed by atoms with E-state index in [9.17, 15) is 18.0 Å². The average Bonchev–Trinajstić information content (AvgIpc) is 3.41. The Bertz CT molecular complexity index is 1890. The number of hydrogen-bond donors (Lipinski definition) is 1. The number of benzene rings is 2. The van der Waals surface area contributed by atoms with Gasteiger partial charge in [-0.05, 0) is 52.8 Å². The molecule has 298 valence electrons. The lowest BCUT2D eigenvalue weighted by molar-refractivity contribution is -0.0724. The summed E-state index contributed by atoms with van der Waals surface area (Å²) in [6.45, 7) is 23.1. The van der Waals surface area contributed by atoms with Crippen LogP contribution in [0.15, 0.2) is 87.9 Å². The van der Waals surface area contributed by atoms with Crippen LogP contribution < -0.4 is 21.6 Å². The zero-order valence-electron chi connectivity index (χ0n) is 33.8. The third-order valence-corrected chi connectivity index (χ3v) is 20.7. The minimum Gasteiger partial charge on any atom is -0.408 e. The van der Waals surface area contributed by atoms with Crippen molar-refractivity contribution in [2.45, 2.75) is 116 Å². The van der Waals surface area contributed by atoms with Crippen molar-refractivity contribution in [1.82, 2.24) is 9.55 Å².